The van der Waals surface area contributed by atoms with E-state index >= 15 is 0 Å². The number of rotatable bonds is 5. The molecule has 5 heteroatoms. The lowest BCUT2D eigenvalue weighted by Crippen LogP contribution is -2.34. The molecule has 1 rings (SSSR count). The Morgan fingerprint density at radius 1 is 1.44 bits per heavy atom. The number of aromatic nitrogens is 2. The average molecular weight is 244 g/mol. The SMILES string of the molecule is COc1cc(C)nc(N(CCCl)C(C)C)n1. The highest BCUT2D eigenvalue weighted by Crippen LogP contribution is 2.17. The molecule has 0 aliphatic rings. The molecule has 0 bridgehead atoms. The molecule has 0 aliphatic carbocycles. The van der Waals surface area contributed by atoms with Gasteiger partial charge in [-0.15, -0.1) is 11.6 Å². The van der Waals surface area contributed by atoms with Crippen LogP contribution >= 0.6 is 11.6 Å². The molecule has 4 nitrogen and oxygen atoms in total. The van der Waals surface area contributed by atoms with Crippen LogP contribution in [0.1, 0.15) is 19.5 Å². The Morgan fingerprint density at radius 2 is 2.12 bits per heavy atom. The van der Waals surface area contributed by atoms with Crippen LogP contribution in [0.5, 0.6) is 5.88 Å². The van der Waals surface area contributed by atoms with Crippen LogP contribution < -0.4 is 9.64 Å². The fourth-order valence-corrected chi connectivity index (χ4v) is 1.62. The Kier molecular flexibility index (Phi) is 4.80. The molecule has 0 unspecified atom stereocenters. The molecule has 1 aromatic rings. The summed E-state index contributed by atoms with van der Waals surface area (Å²) in [5.41, 5.74) is 0.891. The number of hydrogen-bond acceptors (Lipinski definition) is 4. The van der Waals surface area contributed by atoms with Crippen molar-refractivity contribution in [3.8, 4) is 5.88 Å². The summed E-state index contributed by atoms with van der Waals surface area (Å²) in [5, 5.41) is 0. The molecule has 0 N–H and O–H groups in total. The van der Waals surface area contributed by atoms with E-state index in [0.717, 1.165) is 12.2 Å². The highest BCUT2D eigenvalue weighted by atomic mass is 35.5. The third kappa shape index (κ3) is 3.23. The maximum atomic E-state index is 5.78. The highest BCUT2D eigenvalue weighted by molar-refractivity contribution is 6.18. The summed E-state index contributed by atoms with van der Waals surface area (Å²) >= 11 is 5.78. The Labute approximate surface area is 102 Å². The van der Waals surface area contributed by atoms with E-state index < -0.39 is 0 Å². The fraction of sp³-hybridized carbons (Fsp3) is 0.636. The van der Waals surface area contributed by atoms with Crippen LogP contribution in [0.2, 0.25) is 0 Å². The van der Waals surface area contributed by atoms with Crippen LogP contribution in [-0.2, 0) is 0 Å². The summed E-state index contributed by atoms with van der Waals surface area (Å²) in [5.74, 6) is 1.81. The molecule has 0 aromatic carbocycles. The Hall–Kier alpha value is -1.03. The molecular formula is C11H18ClN3O. The zero-order chi connectivity index (χ0) is 12.1. The first-order valence-electron chi connectivity index (χ1n) is 5.30. The first kappa shape index (κ1) is 13.0. The Morgan fingerprint density at radius 3 is 2.62 bits per heavy atom. The number of anilines is 1. The largest absolute Gasteiger partial charge is 0.481 e. The van der Waals surface area contributed by atoms with Crippen molar-refractivity contribution in [1.29, 1.82) is 0 Å². The summed E-state index contributed by atoms with van der Waals surface area (Å²) < 4.78 is 5.13. The first-order valence-corrected chi connectivity index (χ1v) is 5.84. The van der Waals surface area contributed by atoms with Crippen LogP contribution in [0.15, 0.2) is 6.07 Å². The van der Waals surface area contributed by atoms with Gasteiger partial charge in [0.25, 0.3) is 0 Å². The van der Waals surface area contributed by atoms with Crippen LogP contribution in [0.25, 0.3) is 0 Å². The highest BCUT2D eigenvalue weighted by Gasteiger charge is 2.14. The minimum absolute atomic E-state index is 0.310. The third-order valence-corrected chi connectivity index (χ3v) is 2.40. The van der Waals surface area contributed by atoms with Crippen LogP contribution in [0.4, 0.5) is 5.95 Å². The van der Waals surface area contributed by atoms with Crippen molar-refractivity contribution >= 4 is 17.5 Å². The van der Waals surface area contributed by atoms with Gasteiger partial charge >= 0.3 is 0 Å². The second-order valence-corrected chi connectivity index (χ2v) is 4.21. The summed E-state index contributed by atoms with van der Waals surface area (Å²) in [6.45, 7) is 6.83. The van der Waals surface area contributed by atoms with Gasteiger partial charge in [0.2, 0.25) is 11.8 Å². The van der Waals surface area contributed by atoms with E-state index in [1.54, 1.807) is 7.11 Å². The van der Waals surface area contributed by atoms with Gasteiger partial charge in [-0.2, -0.15) is 4.98 Å². The van der Waals surface area contributed by atoms with Crippen molar-refractivity contribution in [3.05, 3.63) is 11.8 Å². The molecule has 1 aromatic heterocycles. The monoisotopic (exact) mass is 243 g/mol. The fourth-order valence-electron chi connectivity index (χ4n) is 1.44. The molecule has 0 radical (unpaired) electrons. The number of nitrogens with zero attached hydrogens (tertiary/aromatic N) is 3. The van der Waals surface area contributed by atoms with Gasteiger partial charge < -0.3 is 9.64 Å². The van der Waals surface area contributed by atoms with E-state index in [1.165, 1.54) is 0 Å². The molecule has 90 valence electrons. The topological polar surface area (TPSA) is 38.2 Å². The molecule has 0 amide bonds. The van der Waals surface area contributed by atoms with Gasteiger partial charge in [-0.1, -0.05) is 0 Å². The molecule has 0 saturated heterocycles. The predicted octanol–water partition coefficient (Wildman–Crippen LogP) is 2.25. The van der Waals surface area contributed by atoms with E-state index in [4.69, 9.17) is 16.3 Å². The molecule has 0 aliphatic heterocycles. The van der Waals surface area contributed by atoms with E-state index in [1.807, 2.05) is 13.0 Å². The quantitative estimate of drug-likeness (QED) is 0.744. The smallest absolute Gasteiger partial charge is 0.229 e. The second kappa shape index (κ2) is 5.89. The predicted molar refractivity (Wildman–Crippen MR) is 66.5 cm³/mol. The van der Waals surface area contributed by atoms with Crippen molar-refractivity contribution < 1.29 is 4.74 Å². The molecule has 1 heterocycles. The summed E-state index contributed by atoms with van der Waals surface area (Å²) in [7, 11) is 1.60. The third-order valence-electron chi connectivity index (χ3n) is 2.23. The number of alkyl halides is 1. The van der Waals surface area contributed by atoms with Gasteiger partial charge in [0.05, 0.1) is 7.11 Å². The number of aryl methyl sites for hydroxylation is 1. The van der Waals surface area contributed by atoms with E-state index in [9.17, 15) is 0 Å². The molecule has 0 saturated carbocycles. The van der Waals surface area contributed by atoms with Gasteiger partial charge in [-0.25, -0.2) is 4.98 Å². The summed E-state index contributed by atoms with van der Waals surface area (Å²) in [6, 6.07) is 2.12. The Bertz CT molecular complexity index is 344. The Balaban J connectivity index is 3.03. The maximum Gasteiger partial charge on any atom is 0.229 e. The lowest BCUT2D eigenvalue weighted by molar-refractivity contribution is 0.396. The van der Waals surface area contributed by atoms with Crippen molar-refractivity contribution in [2.24, 2.45) is 0 Å². The van der Waals surface area contributed by atoms with Crippen molar-refractivity contribution in [2.75, 3.05) is 24.4 Å². The molecule has 16 heavy (non-hydrogen) atoms. The van der Waals surface area contributed by atoms with E-state index in [0.29, 0.717) is 23.8 Å². The normalized spacial score (nSPS) is 10.6. The lowest BCUT2D eigenvalue weighted by atomic mass is 10.3. The molecular weight excluding hydrogens is 226 g/mol. The summed E-state index contributed by atoms with van der Waals surface area (Å²) in [6.07, 6.45) is 0. The average Bonchev–Trinajstić information content (AvgIpc) is 2.24. The zero-order valence-electron chi connectivity index (χ0n) is 10.2. The second-order valence-electron chi connectivity index (χ2n) is 3.83. The lowest BCUT2D eigenvalue weighted by Gasteiger charge is -2.26. The van der Waals surface area contributed by atoms with Crippen molar-refractivity contribution in [2.45, 2.75) is 26.8 Å². The van der Waals surface area contributed by atoms with Crippen LogP contribution in [0, 0.1) is 6.92 Å². The number of ether oxygens (including phenoxy) is 1. The van der Waals surface area contributed by atoms with Crippen LogP contribution in [0.3, 0.4) is 0 Å². The standard InChI is InChI=1S/C11H18ClN3O/c1-8(2)15(6-5-12)11-13-9(3)7-10(14-11)16-4/h7-8H,5-6H2,1-4H3. The number of hydrogen-bond donors (Lipinski definition) is 0. The van der Waals surface area contributed by atoms with Gasteiger partial charge in [0, 0.05) is 30.2 Å². The van der Waals surface area contributed by atoms with Crippen molar-refractivity contribution in [1.82, 2.24) is 9.97 Å². The molecule has 0 fully saturated rings. The molecule has 0 atom stereocenters. The van der Waals surface area contributed by atoms with E-state index in [2.05, 4.69) is 28.7 Å². The van der Waals surface area contributed by atoms with Gasteiger partial charge in [0.1, 0.15) is 0 Å². The zero-order valence-corrected chi connectivity index (χ0v) is 11.0. The number of methoxy groups -OCH3 is 1. The van der Waals surface area contributed by atoms with Gasteiger partial charge in [-0.05, 0) is 20.8 Å². The first-order chi connectivity index (χ1) is 7.58. The minimum atomic E-state index is 0.310. The van der Waals surface area contributed by atoms with Gasteiger partial charge in [0.15, 0.2) is 0 Å². The molecule has 0 spiro atoms. The number of halogens is 1. The maximum absolute atomic E-state index is 5.78. The minimum Gasteiger partial charge on any atom is -0.481 e. The van der Waals surface area contributed by atoms with E-state index in [-0.39, 0.29) is 0 Å². The van der Waals surface area contributed by atoms with Crippen molar-refractivity contribution in [3.63, 3.8) is 0 Å². The van der Waals surface area contributed by atoms with Gasteiger partial charge in [-0.3, -0.25) is 0 Å². The summed E-state index contributed by atoms with van der Waals surface area (Å²) in [4.78, 5) is 10.8. The van der Waals surface area contributed by atoms with Crippen LogP contribution in [-0.4, -0.2) is 35.5 Å².